The highest BCUT2D eigenvalue weighted by Crippen LogP contribution is 2.18. The van der Waals surface area contributed by atoms with Crippen molar-refractivity contribution in [2.24, 2.45) is 0 Å². The van der Waals surface area contributed by atoms with E-state index in [0.29, 0.717) is 24.2 Å². The summed E-state index contributed by atoms with van der Waals surface area (Å²) in [5.74, 6) is -0.194. The van der Waals surface area contributed by atoms with Gasteiger partial charge in [0.1, 0.15) is 6.04 Å². The normalized spacial score (nSPS) is 26.8. The molecule has 1 saturated heterocycles. The molecule has 0 bridgehead atoms. The van der Waals surface area contributed by atoms with Crippen molar-refractivity contribution in [1.82, 2.24) is 10.6 Å². The number of hydrogen-bond donors (Lipinski definition) is 2. The highest BCUT2D eigenvalue weighted by atomic mass is 32.1. The maximum absolute atomic E-state index is 11.0. The van der Waals surface area contributed by atoms with E-state index in [0.717, 1.165) is 0 Å². The Hall–Kier alpha value is -0.840. The molecule has 0 unspecified atom stereocenters. The Morgan fingerprint density at radius 2 is 2.15 bits per heavy atom. The molecule has 2 N–H and O–H groups in total. The lowest BCUT2D eigenvalue weighted by Gasteiger charge is -2.12. The molecule has 0 aromatic rings. The van der Waals surface area contributed by atoms with Crippen molar-refractivity contribution in [3.05, 3.63) is 0 Å². The largest absolute Gasteiger partial charge is 0.464 e. The van der Waals surface area contributed by atoms with Gasteiger partial charge in [0.15, 0.2) is 5.11 Å². The van der Waals surface area contributed by atoms with Gasteiger partial charge < -0.3 is 15.4 Å². The van der Waals surface area contributed by atoms with Gasteiger partial charge in [0.2, 0.25) is 0 Å². The molecule has 0 aromatic carbocycles. The summed E-state index contributed by atoms with van der Waals surface area (Å²) in [7, 11) is 0. The molecule has 1 heterocycles. The highest BCUT2D eigenvalue weighted by Gasteiger charge is 2.28. The number of carbonyl (C=O) groups excluding carboxylic acids is 1. The zero-order chi connectivity index (χ0) is 9.26. The second kappa shape index (κ2) is 3.49. The summed E-state index contributed by atoms with van der Waals surface area (Å²) < 4.78 is 4.80. The number of ether oxygens (including phenoxy) is 1. The number of thiocarbonyl (C=S) groups is 1. The standard InChI is InChI=1S/C8H12N2O2S/c11-7-6(3-4-12-7)10-8(13)9-5-1-2-5/h5-6H,1-4H2,(H2,9,10,13)/t6-/m0/s1. The molecule has 72 valence electrons. The summed E-state index contributed by atoms with van der Waals surface area (Å²) in [6, 6.07) is 0.288. The molecule has 2 aliphatic rings. The van der Waals surface area contributed by atoms with Gasteiger partial charge in [-0.1, -0.05) is 0 Å². The summed E-state index contributed by atoms with van der Waals surface area (Å²) in [5.41, 5.74) is 0. The topological polar surface area (TPSA) is 50.4 Å². The molecular weight excluding hydrogens is 188 g/mol. The van der Waals surface area contributed by atoms with E-state index in [1.807, 2.05) is 0 Å². The van der Waals surface area contributed by atoms with E-state index in [4.69, 9.17) is 17.0 Å². The van der Waals surface area contributed by atoms with Crippen molar-refractivity contribution >= 4 is 23.3 Å². The third-order valence-electron chi connectivity index (χ3n) is 2.15. The molecule has 0 amide bonds. The minimum atomic E-state index is -0.237. The minimum Gasteiger partial charge on any atom is -0.464 e. The van der Waals surface area contributed by atoms with E-state index in [1.165, 1.54) is 12.8 Å². The first-order valence-corrected chi connectivity index (χ1v) is 4.90. The van der Waals surface area contributed by atoms with Crippen LogP contribution in [0.5, 0.6) is 0 Å². The fourth-order valence-corrected chi connectivity index (χ4v) is 1.55. The van der Waals surface area contributed by atoms with Crippen molar-refractivity contribution < 1.29 is 9.53 Å². The van der Waals surface area contributed by atoms with Gasteiger partial charge in [-0.15, -0.1) is 0 Å². The van der Waals surface area contributed by atoms with Gasteiger partial charge >= 0.3 is 5.97 Å². The van der Waals surface area contributed by atoms with Crippen molar-refractivity contribution in [1.29, 1.82) is 0 Å². The highest BCUT2D eigenvalue weighted by molar-refractivity contribution is 7.80. The maximum Gasteiger partial charge on any atom is 0.328 e. The van der Waals surface area contributed by atoms with Crippen molar-refractivity contribution in [3.8, 4) is 0 Å². The average molecular weight is 200 g/mol. The minimum absolute atomic E-state index is 0.194. The van der Waals surface area contributed by atoms with E-state index in [-0.39, 0.29) is 12.0 Å². The Kier molecular flexibility index (Phi) is 2.35. The number of carbonyl (C=O) groups is 1. The van der Waals surface area contributed by atoms with Gasteiger partial charge in [0, 0.05) is 12.5 Å². The third-order valence-corrected chi connectivity index (χ3v) is 2.39. The van der Waals surface area contributed by atoms with Crippen LogP contribution in [0.25, 0.3) is 0 Å². The SMILES string of the molecule is O=C1OCC[C@@H]1NC(=S)NC1CC1. The first-order chi connectivity index (χ1) is 6.25. The lowest BCUT2D eigenvalue weighted by Crippen LogP contribution is -2.44. The zero-order valence-corrected chi connectivity index (χ0v) is 8.02. The van der Waals surface area contributed by atoms with E-state index in [9.17, 15) is 4.79 Å². The quantitative estimate of drug-likeness (QED) is 0.482. The van der Waals surface area contributed by atoms with Gasteiger partial charge in [-0.2, -0.15) is 0 Å². The molecule has 0 radical (unpaired) electrons. The van der Waals surface area contributed by atoms with Crippen LogP contribution in [-0.4, -0.2) is 29.8 Å². The predicted molar refractivity (Wildman–Crippen MR) is 51.3 cm³/mol. The Morgan fingerprint density at radius 3 is 2.69 bits per heavy atom. The van der Waals surface area contributed by atoms with Crippen molar-refractivity contribution in [3.63, 3.8) is 0 Å². The van der Waals surface area contributed by atoms with Gasteiger partial charge in [0.25, 0.3) is 0 Å². The summed E-state index contributed by atoms with van der Waals surface area (Å²) in [6.45, 7) is 0.503. The smallest absolute Gasteiger partial charge is 0.328 e. The molecule has 1 atom stereocenters. The zero-order valence-electron chi connectivity index (χ0n) is 7.21. The van der Waals surface area contributed by atoms with Crippen LogP contribution in [0.1, 0.15) is 19.3 Å². The van der Waals surface area contributed by atoms with Crippen molar-refractivity contribution in [2.75, 3.05) is 6.61 Å². The molecule has 4 nitrogen and oxygen atoms in total. The van der Waals surface area contributed by atoms with E-state index in [2.05, 4.69) is 10.6 Å². The van der Waals surface area contributed by atoms with E-state index >= 15 is 0 Å². The molecule has 2 rings (SSSR count). The van der Waals surface area contributed by atoms with Crippen LogP contribution in [0.2, 0.25) is 0 Å². The summed E-state index contributed by atoms with van der Waals surface area (Å²) in [4.78, 5) is 11.0. The summed E-state index contributed by atoms with van der Waals surface area (Å²) in [5, 5.41) is 6.63. The lowest BCUT2D eigenvalue weighted by atomic mass is 10.2. The molecule has 13 heavy (non-hydrogen) atoms. The predicted octanol–water partition coefficient (Wildman–Crippen LogP) is -0.0716. The second-order valence-electron chi connectivity index (χ2n) is 3.40. The Morgan fingerprint density at radius 1 is 1.38 bits per heavy atom. The Bertz CT molecular complexity index is 240. The summed E-state index contributed by atoms with van der Waals surface area (Å²) in [6.07, 6.45) is 3.07. The van der Waals surface area contributed by atoms with Crippen LogP contribution in [0.3, 0.4) is 0 Å². The molecule has 5 heteroatoms. The number of nitrogens with one attached hydrogen (secondary N) is 2. The van der Waals surface area contributed by atoms with Crippen LogP contribution < -0.4 is 10.6 Å². The van der Waals surface area contributed by atoms with Crippen LogP contribution in [0.15, 0.2) is 0 Å². The molecule has 1 aliphatic carbocycles. The lowest BCUT2D eigenvalue weighted by molar-refractivity contribution is -0.139. The average Bonchev–Trinajstić information content (AvgIpc) is 2.79. The van der Waals surface area contributed by atoms with E-state index < -0.39 is 0 Å². The third kappa shape index (κ3) is 2.30. The maximum atomic E-state index is 11.0. The monoisotopic (exact) mass is 200 g/mol. The number of hydrogen-bond acceptors (Lipinski definition) is 3. The van der Waals surface area contributed by atoms with Crippen LogP contribution in [0, 0.1) is 0 Å². The Labute approximate surface area is 82.0 Å². The molecule has 0 aromatic heterocycles. The Balaban J connectivity index is 1.75. The summed E-state index contributed by atoms with van der Waals surface area (Å²) >= 11 is 5.03. The number of esters is 1. The molecule has 1 aliphatic heterocycles. The second-order valence-corrected chi connectivity index (χ2v) is 3.81. The fourth-order valence-electron chi connectivity index (χ4n) is 1.24. The first kappa shape index (κ1) is 8.74. The van der Waals surface area contributed by atoms with Crippen LogP contribution in [-0.2, 0) is 9.53 Å². The number of cyclic esters (lactones) is 1. The van der Waals surface area contributed by atoms with Crippen LogP contribution >= 0.6 is 12.2 Å². The number of rotatable bonds is 2. The first-order valence-electron chi connectivity index (χ1n) is 4.49. The fraction of sp³-hybridized carbons (Fsp3) is 0.750. The molecule has 0 spiro atoms. The van der Waals surface area contributed by atoms with Gasteiger partial charge in [-0.05, 0) is 25.1 Å². The van der Waals surface area contributed by atoms with Gasteiger partial charge in [0.05, 0.1) is 6.61 Å². The molecular formula is C8H12N2O2S. The van der Waals surface area contributed by atoms with Gasteiger partial charge in [-0.25, -0.2) is 4.79 Å². The van der Waals surface area contributed by atoms with E-state index in [1.54, 1.807) is 0 Å². The van der Waals surface area contributed by atoms with Crippen LogP contribution in [0.4, 0.5) is 0 Å². The molecule has 2 fully saturated rings. The molecule has 1 saturated carbocycles. The van der Waals surface area contributed by atoms with Gasteiger partial charge in [-0.3, -0.25) is 0 Å². The van der Waals surface area contributed by atoms with Crippen molar-refractivity contribution in [2.45, 2.75) is 31.3 Å².